The van der Waals surface area contributed by atoms with E-state index in [9.17, 15) is 0 Å². The van der Waals surface area contributed by atoms with E-state index in [2.05, 4.69) is 30.4 Å². The molecule has 0 radical (unpaired) electrons. The molecule has 8 heteroatoms. The van der Waals surface area contributed by atoms with Crippen LogP contribution < -0.4 is 5.32 Å². The van der Waals surface area contributed by atoms with Crippen molar-refractivity contribution in [3.8, 4) is 5.95 Å². The average Bonchev–Trinajstić information content (AvgIpc) is 2.76. The maximum Gasteiger partial charge on any atom is 0.258 e. The molecule has 1 saturated carbocycles. The Morgan fingerprint density at radius 2 is 2.18 bits per heavy atom. The Morgan fingerprint density at radius 1 is 1.29 bits per heavy atom. The molecule has 0 spiro atoms. The molecule has 0 unspecified atom stereocenters. The first kappa shape index (κ1) is 10.4. The summed E-state index contributed by atoms with van der Waals surface area (Å²) in [4.78, 5) is 16.1. The lowest BCUT2D eigenvalue weighted by Crippen LogP contribution is -2.28. The first-order valence-electron chi connectivity index (χ1n) is 5.34. The van der Waals surface area contributed by atoms with E-state index in [0.29, 0.717) is 17.9 Å². The van der Waals surface area contributed by atoms with Crippen LogP contribution in [-0.2, 0) is 0 Å². The van der Waals surface area contributed by atoms with Crippen molar-refractivity contribution in [2.24, 2.45) is 0 Å². The molecule has 0 aromatic carbocycles. The highest BCUT2D eigenvalue weighted by Crippen LogP contribution is 2.22. The van der Waals surface area contributed by atoms with E-state index in [1.807, 2.05) is 0 Å². The lowest BCUT2D eigenvalue weighted by atomic mass is 9.93. The quantitative estimate of drug-likeness (QED) is 0.879. The second-order valence-electron chi connectivity index (χ2n) is 3.84. The van der Waals surface area contributed by atoms with Crippen LogP contribution in [0.5, 0.6) is 0 Å². The molecule has 1 N–H and O–H groups in total. The Kier molecular flexibility index (Phi) is 2.60. The van der Waals surface area contributed by atoms with Crippen molar-refractivity contribution in [2.75, 3.05) is 5.32 Å². The average molecular weight is 252 g/mol. The van der Waals surface area contributed by atoms with E-state index < -0.39 is 0 Å². The Labute approximate surface area is 102 Å². The zero-order valence-electron chi connectivity index (χ0n) is 8.91. The third-order valence-electron chi connectivity index (χ3n) is 2.66. The fourth-order valence-electron chi connectivity index (χ4n) is 1.55. The SMILES string of the molecule is Clc1nc(NC2CCC2)nc(-n2cncn2)n1. The van der Waals surface area contributed by atoms with Gasteiger partial charge >= 0.3 is 0 Å². The van der Waals surface area contributed by atoms with Crippen LogP contribution in [0.25, 0.3) is 5.95 Å². The number of nitrogens with zero attached hydrogens (tertiary/aromatic N) is 6. The van der Waals surface area contributed by atoms with Crippen LogP contribution in [0.1, 0.15) is 19.3 Å². The molecule has 0 aliphatic heterocycles. The van der Waals surface area contributed by atoms with Gasteiger partial charge in [0.1, 0.15) is 12.7 Å². The predicted octanol–water partition coefficient (Wildman–Crippen LogP) is 1.07. The van der Waals surface area contributed by atoms with Crippen molar-refractivity contribution in [3.05, 3.63) is 17.9 Å². The molecule has 3 rings (SSSR count). The van der Waals surface area contributed by atoms with Crippen molar-refractivity contribution in [3.63, 3.8) is 0 Å². The molecule has 2 aromatic heterocycles. The van der Waals surface area contributed by atoms with Gasteiger partial charge in [0, 0.05) is 6.04 Å². The lowest BCUT2D eigenvalue weighted by molar-refractivity contribution is 0.443. The summed E-state index contributed by atoms with van der Waals surface area (Å²) in [5.74, 6) is 0.851. The highest BCUT2D eigenvalue weighted by Gasteiger charge is 2.19. The number of rotatable bonds is 3. The van der Waals surface area contributed by atoms with Gasteiger partial charge < -0.3 is 5.32 Å². The fraction of sp³-hybridized carbons (Fsp3) is 0.444. The highest BCUT2D eigenvalue weighted by molar-refractivity contribution is 6.28. The number of nitrogens with one attached hydrogen (secondary N) is 1. The van der Waals surface area contributed by atoms with Crippen molar-refractivity contribution in [1.29, 1.82) is 0 Å². The minimum atomic E-state index is 0.146. The standard InChI is InChI=1S/C9H10ClN7/c10-7-14-8(13-6-2-1-3-6)16-9(15-7)17-5-11-4-12-17/h4-6H,1-3H2,(H,13,14,15,16). The van der Waals surface area contributed by atoms with E-state index in [4.69, 9.17) is 11.6 Å². The molecule has 88 valence electrons. The summed E-state index contributed by atoms with van der Waals surface area (Å²) in [6.07, 6.45) is 6.45. The smallest absolute Gasteiger partial charge is 0.258 e. The van der Waals surface area contributed by atoms with Crippen LogP contribution in [0.4, 0.5) is 5.95 Å². The Bertz CT molecular complexity index is 508. The van der Waals surface area contributed by atoms with Crippen molar-refractivity contribution in [1.82, 2.24) is 29.7 Å². The molecule has 1 fully saturated rings. The summed E-state index contributed by atoms with van der Waals surface area (Å²) < 4.78 is 1.44. The molecule has 0 bridgehead atoms. The number of hydrogen-bond donors (Lipinski definition) is 1. The van der Waals surface area contributed by atoms with Gasteiger partial charge in [0.05, 0.1) is 0 Å². The topological polar surface area (TPSA) is 81.4 Å². The predicted molar refractivity (Wildman–Crippen MR) is 61.0 cm³/mol. The minimum Gasteiger partial charge on any atom is -0.351 e. The van der Waals surface area contributed by atoms with E-state index in [1.165, 1.54) is 23.8 Å². The van der Waals surface area contributed by atoms with Gasteiger partial charge in [-0.25, -0.2) is 4.98 Å². The number of halogens is 1. The number of anilines is 1. The van der Waals surface area contributed by atoms with Gasteiger partial charge in [0.2, 0.25) is 11.2 Å². The third-order valence-corrected chi connectivity index (χ3v) is 2.83. The van der Waals surface area contributed by atoms with Crippen LogP contribution in [0.15, 0.2) is 12.7 Å². The van der Waals surface area contributed by atoms with Crippen LogP contribution in [-0.4, -0.2) is 35.8 Å². The van der Waals surface area contributed by atoms with Gasteiger partial charge in [-0.05, 0) is 30.9 Å². The first-order chi connectivity index (χ1) is 8.31. The van der Waals surface area contributed by atoms with E-state index in [-0.39, 0.29) is 5.28 Å². The second-order valence-corrected chi connectivity index (χ2v) is 4.18. The Morgan fingerprint density at radius 3 is 2.82 bits per heavy atom. The third kappa shape index (κ3) is 2.19. The second kappa shape index (κ2) is 4.25. The van der Waals surface area contributed by atoms with Gasteiger partial charge in [-0.2, -0.15) is 24.7 Å². The van der Waals surface area contributed by atoms with Crippen LogP contribution in [0, 0.1) is 0 Å². The molecule has 1 aliphatic carbocycles. The summed E-state index contributed by atoms with van der Waals surface area (Å²) in [6, 6.07) is 0.442. The molecule has 0 saturated heterocycles. The fourth-order valence-corrected chi connectivity index (χ4v) is 1.71. The van der Waals surface area contributed by atoms with Crippen molar-refractivity contribution < 1.29 is 0 Å². The van der Waals surface area contributed by atoms with Gasteiger partial charge in [-0.1, -0.05) is 0 Å². The monoisotopic (exact) mass is 251 g/mol. The highest BCUT2D eigenvalue weighted by atomic mass is 35.5. The van der Waals surface area contributed by atoms with Crippen LogP contribution in [0.2, 0.25) is 5.28 Å². The van der Waals surface area contributed by atoms with E-state index in [0.717, 1.165) is 12.8 Å². The van der Waals surface area contributed by atoms with Gasteiger partial charge in [-0.3, -0.25) is 0 Å². The molecule has 0 atom stereocenters. The largest absolute Gasteiger partial charge is 0.351 e. The molecule has 7 nitrogen and oxygen atoms in total. The zero-order chi connectivity index (χ0) is 11.7. The first-order valence-corrected chi connectivity index (χ1v) is 5.72. The maximum atomic E-state index is 5.85. The zero-order valence-corrected chi connectivity index (χ0v) is 9.67. The number of hydrogen-bond acceptors (Lipinski definition) is 6. The van der Waals surface area contributed by atoms with Gasteiger partial charge in [-0.15, -0.1) is 0 Å². The van der Waals surface area contributed by atoms with E-state index >= 15 is 0 Å². The molecule has 1 aliphatic rings. The summed E-state index contributed by atoms with van der Waals surface area (Å²) >= 11 is 5.85. The summed E-state index contributed by atoms with van der Waals surface area (Å²) in [5, 5.41) is 7.31. The molecule has 17 heavy (non-hydrogen) atoms. The molecule has 2 aromatic rings. The van der Waals surface area contributed by atoms with E-state index in [1.54, 1.807) is 0 Å². The number of aromatic nitrogens is 6. The van der Waals surface area contributed by atoms with Crippen molar-refractivity contribution in [2.45, 2.75) is 25.3 Å². The minimum absolute atomic E-state index is 0.146. The molecular weight excluding hydrogens is 242 g/mol. The van der Waals surface area contributed by atoms with Crippen LogP contribution >= 0.6 is 11.6 Å². The van der Waals surface area contributed by atoms with Gasteiger partial charge in [0.25, 0.3) is 5.95 Å². The van der Waals surface area contributed by atoms with Crippen LogP contribution in [0.3, 0.4) is 0 Å². The normalized spacial score (nSPS) is 15.6. The van der Waals surface area contributed by atoms with Gasteiger partial charge in [0.15, 0.2) is 0 Å². The summed E-state index contributed by atoms with van der Waals surface area (Å²) in [7, 11) is 0. The molecular formula is C9H10ClN7. The Hall–Kier alpha value is -1.76. The molecule has 0 amide bonds. The van der Waals surface area contributed by atoms with Crippen molar-refractivity contribution >= 4 is 17.5 Å². The summed E-state index contributed by atoms with van der Waals surface area (Å²) in [6.45, 7) is 0. The summed E-state index contributed by atoms with van der Waals surface area (Å²) in [5.41, 5.74) is 0. The Balaban J connectivity index is 1.89. The maximum absolute atomic E-state index is 5.85. The lowest BCUT2D eigenvalue weighted by Gasteiger charge is -2.26. The molecule has 2 heterocycles.